The number of hydrogen-bond acceptors (Lipinski definition) is 5. The number of nitrogens with zero attached hydrogens (tertiary/aromatic N) is 3. The van der Waals surface area contributed by atoms with E-state index in [1.54, 1.807) is 0 Å². The van der Waals surface area contributed by atoms with E-state index in [0.29, 0.717) is 5.69 Å². The zero-order valence-electron chi connectivity index (χ0n) is 10.0. The van der Waals surface area contributed by atoms with Crippen LogP contribution in [0.5, 0.6) is 0 Å². The van der Waals surface area contributed by atoms with Gasteiger partial charge in [-0.1, -0.05) is 11.8 Å². The Kier molecular flexibility index (Phi) is 3.78. The van der Waals surface area contributed by atoms with E-state index in [4.69, 9.17) is 10.9 Å². The van der Waals surface area contributed by atoms with Gasteiger partial charge in [-0.25, -0.2) is 23.6 Å². The monoisotopic (exact) mass is 298 g/mol. The van der Waals surface area contributed by atoms with Crippen molar-refractivity contribution in [3.8, 4) is 0 Å². The lowest BCUT2D eigenvalue weighted by Gasteiger charge is -2.17. The van der Waals surface area contributed by atoms with Crippen molar-refractivity contribution in [2.24, 2.45) is 21.0 Å². The van der Waals surface area contributed by atoms with Crippen LogP contribution < -0.4 is 10.9 Å². The molecule has 1 aromatic carbocycles. The predicted molar refractivity (Wildman–Crippen MR) is 75.4 cm³/mol. The van der Waals surface area contributed by atoms with Crippen molar-refractivity contribution in [2.75, 3.05) is 0 Å². The Balaban J connectivity index is 2.21. The first kappa shape index (κ1) is 13.8. The molecule has 0 fully saturated rings. The lowest BCUT2D eigenvalue weighted by molar-refractivity contribution is 0.446. The Hall–Kier alpha value is -1.58. The van der Waals surface area contributed by atoms with Gasteiger partial charge in [-0.2, -0.15) is 5.10 Å². The van der Waals surface area contributed by atoms with E-state index in [0.717, 1.165) is 0 Å². The highest BCUT2D eigenvalue weighted by atomic mass is 32.2. The SMILES string of the molecule is CC1S[C]=NN1C(N)=Nc1ccc(S(N)(=O)=O)cc1. The van der Waals surface area contributed by atoms with Gasteiger partial charge in [-0.3, -0.25) is 0 Å². The van der Waals surface area contributed by atoms with Crippen molar-refractivity contribution in [2.45, 2.75) is 17.2 Å². The van der Waals surface area contributed by atoms with E-state index in [9.17, 15) is 8.42 Å². The first-order valence-corrected chi connectivity index (χ1v) is 7.68. The number of sulfonamides is 1. The highest BCUT2D eigenvalue weighted by molar-refractivity contribution is 8.12. The highest BCUT2D eigenvalue weighted by Gasteiger charge is 2.20. The summed E-state index contributed by atoms with van der Waals surface area (Å²) in [5, 5.41) is 10.5. The Morgan fingerprint density at radius 3 is 2.58 bits per heavy atom. The topological polar surface area (TPSA) is 114 Å². The number of guanidine groups is 1. The van der Waals surface area contributed by atoms with Crippen LogP contribution >= 0.6 is 11.8 Å². The minimum Gasteiger partial charge on any atom is -0.368 e. The molecular weight excluding hydrogens is 286 g/mol. The molecule has 0 bridgehead atoms. The maximum absolute atomic E-state index is 11.1. The second-order valence-electron chi connectivity index (χ2n) is 3.76. The molecule has 1 aliphatic heterocycles. The molecule has 9 heteroatoms. The van der Waals surface area contributed by atoms with Crippen molar-refractivity contribution >= 4 is 39.0 Å². The molecule has 101 valence electrons. The minimum atomic E-state index is -3.69. The van der Waals surface area contributed by atoms with Crippen molar-refractivity contribution in [3.63, 3.8) is 0 Å². The third-order valence-corrected chi connectivity index (χ3v) is 4.02. The summed E-state index contributed by atoms with van der Waals surface area (Å²) in [6.45, 7) is 1.92. The molecule has 1 aromatic rings. The Morgan fingerprint density at radius 2 is 2.11 bits per heavy atom. The number of hydrogen-bond donors (Lipinski definition) is 2. The molecule has 0 spiro atoms. The fourth-order valence-corrected chi connectivity index (χ4v) is 2.46. The van der Waals surface area contributed by atoms with E-state index >= 15 is 0 Å². The molecule has 19 heavy (non-hydrogen) atoms. The summed E-state index contributed by atoms with van der Waals surface area (Å²) in [6, 6.07) is 5.79. The highest BCUT2D eigenvalue weighted by Crippen LogP contribution is 2.21. The van der Waals surface area contributed by atoms with Crippen LogP contribution in [0.1, 0.15) is 6.92 Å². The summed E-state index contributed by atoms with van der Waals surface area (Å²) in [7, 11) is -3.69. The maximum Gasteiger partial charge on any atom is 0.238 e. The summed E-state index contributed by atoms with van der Waals surface area (Å²) in [4.78, 5) is 4.18. The summed E-state index contributed by atoms with van der Waals surface area (Å²) in [6.07, 6.45) is 0. The molecule has 0 aromatic heterocycles. The van der Waals surface area contributed by atoms with Crippen LogP contribution in [0.2, 0.25) is 0 Å². The van der Waals surface area contributed by atoms with Crippen molar-refractivity contribution in [3.05, 3.63) is 24.3 Å². The number of rotatable bonds is 2. The van der Waals surface area contributed by atoms with E-state index in [1.807, 2.05) is 6.92 Å². The molecule has 0 saturated heterocycles. The summed E-state index contributed by atoms with van der Waals surface area (Å²) < 4.78 is 22.2. The molecule has 1 aliphatic rings. The third-order valence-electron chi connectivity index (χ3n) is 2.36. The number of thioether (sulfide) groups is 1. The maximum atomic E-state index is 11.1. The van der Waals surface area contributed by atoms with Crippen LogP contribution in [0.15, 0.2) is 39.3 Å². The van der Waals surface area contributed by atoms with E-state index in [-0.39, 0.29) is 16.2 Å². The number of hydrazone groups is 1. The van der Waals surface area contributed by atoms with Gasteiger partial charge in [0.1, 0.15) is 5.37 Å². The first-order valence-electron chi connectivity index (χ1n) is 5.25. The van der Waals surface area contributed by atoms with Gasteiger partial charge < -0.3 is 5.73 Å². The largest absolute Gasteiger partial charge is 0.368 e. The van der Waals surface area contributed by atoms with E-state index < -0.39 is 10.0 Å². The molecule has 0 aliphatic carbocycles. The Morgan fingerprint density at radius 1 is 1.47 bits per heavy atom. The second-order valence-corrected chi connectivity index (χ2v) is 6.42. The van der Waals surface area contributed by atoms with Crippen LogP contribution in [0, 0.1) is 0 Å². The van der Waals surface area contributed by atoms with Gasteiger partial charge in [0.25, 0.3) is 0 Å². The van der Waals surface area contributed by atoms with Gasteiger partial charge in [0.15, 0.2) is 5.55 Å². The molecule has 1 heterocycles. The quantitative estimate of drug-likeness (QED) is 0.609. The summed E-state index contributed by atoms with van der Waals surface area (Å²) in [5.41, 5.74) is 9.06. The zero-order valence-corrected chi connectivity index (χ0v) is 11.6. The van der Waals surface area contributed by atoms with Crippen LogP contribution in [0.4, 0.5) is 5.69 Å². The molecule has 7 nitrogen and oxygen atoms in total. The third kappa shape index (κ3) is 3.25. The van der Waals surface area contributed by atoms with Gasteiger partial charge in [-0.05, 0) is 31.2 Å². The average Bonchev–Trinajstić information content (AvgIpc) is 2.75. The number of benzene rings is 1. The number of nitrogens with two attached hydrogens (primary N) is 2. The van der Waals surface area contributed by atoms with Gasteiger partial charge in [0.05, 0.1) is 10.6 Å². The predicted octanol–water partition coefficient (Wildman–Crippen LogP) is 0.495. The molecule has 0 saturated carbocycles. The van der Waals surface area contributed by atoms with Gasteiger partial charge in [-0.15, -0.1) is 0 Å². The lowest BCUT2D eigenvalue weighted by atomic mass is 10.3. The van der Waals surface area contributed by atoms with Crippen molar-refractivity contribution < 1.29 is 8.42 Å². The van der Waals surface area contributed by atoms with E-state index in [2.05, 4.69) is 15.6 Å². The molecule has 1 unspecified atom stereocenters. The molecule has 0 amide bonds. The van der Waals surface area contributed by atoms with Gasteiger partial charge >= 0.3 is 0 Å². The molecule has 2 rings (SSSR count). The number of aliphatic imine (C=N–C) groups is 1. The fraction of sp³-hybridized carbons (Fsp3) is 0.200. The molecular formula is C10H12N5O2S2. The second kappa shape index (κ2) is 5.19. The first-order chi connectivity index (χ1) is 8.88. The van der Waals surface area contributed by atoms with Crippen molar-refractivity contribution in [1.82, 2.24) is 5.01 Å². The molecule has 1 atom stereocenters. The smallest absolute Gasteiger partial charge is 0.238 e. The van der Waals surface area contributed by atoms with E-state index in [1.165, 1.54) is 41.0 Å². The number of primary sulfonamides is 1. The van der Waals surface area contributed by atoms with Crippen LogP contribution in [-0.4, -0.2) is 30.3 Å². The van der Waals surface area contributed by atoms with Crippen LogP contribution in [0.25, 0.3) is 0 Å². The Bertz CT molecular complexity index is 624. The van der Waals surface area contributed by atoms with Gasteiger partial charge in [0, 0.05) is 0 Å². The molecule has 4 N–H and O–H groups in total. The summed E-state index contributed by atoms with van der Waals surface area (Å²) >= 11 is 1.40. The minimum absolute atomic E-state index is 0.0291. The zero-order chi connectivity index (χ0) is 14.0. The van der Waals surface area contributed by atoms with Gasteiger partial charge in [0.2, 0.25) is 16.0 Å². The van der Waals surface area contributed by atoms with Crippen molar-refractivity contribution in [1.29, 1.82) is 0 Å². The standard InChI is InChI=1S/C10H12N5O2S2/c1-7-15(13-6-18-7)10(11)14-8-2-4-9(5-3-8)19(12,16)17/h2-5,7H,1H3,(H2,11,14)(H2,12,16,17). The molecule has 1 radical (unpaired) electrons. The lowest BCUT2D eigenvalue weighted by Crippen LogP contribution is -2.35. The average molecular weight is 298 g/mol. The fourth-order valence-electron chi connectivity index (χ4n) is 1.41. The van der Waals surface area contributed by atoms with Crippen LogP contribution in [0.3, 0.4) is 0 Å². The van der Waals surface area contributed by atoms with Crippen LogP contribution in [-0.2, 0) is 10.0 Å². The normalized spacial score (nSPS) is 20.0. The summed E-state index contributed by atoms with van der Waals surface area (Å²) in [5.74, 6) is 0.216. The Labute approximate surface area is 115 Å².